The summed E-state index contributed by atoms with van der Waals surface area (Å²) in [6.45, 7) is 0. The van der Waals surface area contributed by atoms with Crippen LogP contribution in [0, 0.1) is 5.92 Å². The quantitative estimate of drug-likeness (QED) is 0.528. The van der Waals surface area contributed by atoms with Gasteiger partial charge in [0.05, 0.1) is 6.10 Å². The third-order valence-electron chi connectivity index (χ3n) is 1.43. The Labute approximate surface area is 61.4 Å². The summed E-state index contributed by atoms with van der Waals surface area (Å²) in [7, 11) is 0. The zero-order valence-electron chi connectivity index (χ0n) is 4.30. The number of rotatable bonds is 1. The van der Waals surface area contributed by atoms with Crippen LogP contribution in [0.3, 0.4) is 0 Å². The van der Waals surface area contributed by atoms with E-state index < -0.39 is 0 Å². The Morgan fingerprint density at radius 2 is 2.12 bits per heavy atom. The van der Waals surface area contributed by atoms with E-state index in [1.165, 1.54) is 0 Å². The number of hydrogen-bond acceptors (Lipinski definition) is 2. The molecule has 0 saturated heterocycles. The number of aliphatic hydroxyl groups is 1. The van der Waals surface area contributed by atoms with E-state index in [2.05, 4.69) is 0 Å². The van der Waals surface area contributed by atoms with E-state index in [1.54, 1.807) is 22.6 Å². The molecule has 1 aliphatic carbocycles. The molecule has 1 N–H and O–H groups in total. The number of halogens is 1. The van der Waals surface area contributed by atoms with Gasteiger partial charge < -0.3 is 5.11 Å². The van der Waals surface area contributed by atoms with E-state index in [4.69, 9.17) is 5.11 Å². The van der Waals surface area contributed by atoms with Crippen LogP contribution in [0.5, 0.6) is 0 Å². The van der Waals surface area contributed by atoms with Crippen molar-refractivity contribution in [3.8, 4) is 0 Å². The lowest BCUT2D eigenvalue weighted by molar-refractivity contribution is -0.118. The van der Waals surface area contributed by atoms with Gasteiger partial charge in [-0.25, -0.2) is 0 Å². The summed E-state index contributed by atoms with van der Waals surface area (Å²) >= 11 is 1.78. The summed E-state index contributed by atoms with van der Waals surface area (Å²) in [6.07, 6.45) is 1.17. The van der Waals surface area contributed by atoms with E-state index in [1.807, 2.05) is 0 Å². The van der Waals surface area contributed by atoms with Crippen molar-refractivity contribution in [3.63, 3.8) is 0 Å². The van der Waals surface area contributed by atoms with Crippen molar-refractivity contribution in [1.82, 2.24) is 0 Å². The molecule has 0 aromatic heterocycles. The molecular formula is C5H7IO2. The van der Waals surface area contributed by atoms with Gasteiger partial charge in [-0.1, -0.05) is 0 Å². The number of aliphatic hydroxyl groups excluding tert-OH is 1. The van der Waals surface area contributed by atoms with Crippen molar-refractivity contribution in [2.45, 2.75) is 18.9 Å². The molecule has 1 rings (SSSR count). The summed E-state index contributed by atoms with van der Waals surface area (Å²) in [5, 5.41) is 8.71. The van der Waals surface area contributed by atoms with Crippen LogP contribution in [0.25, 0.3) is 0 Å². The second-order valence-electron chi connectivity index (χ2n) is 2.13. The van der Waals surface area contributed by atoms with Crippen LogP contribution < -0.4 is 0 Å². The van der Waals surface area contributed by atoms with E-state index >= 15 is 0 Å². The van der Waals surface area contributed by atoms with Gasteiger partial charge in [-0.05, 0) is 35.4 Å². The summed E-state index contributed by atoms with van der Waals surface area (Å²) in [5.74, 6) is 0.158. The fourth-order valence-corrected chi connectivity index (χ4v) is 1.28. The third-order valence-corrected chi connectivity index (χ3v) is 2.31. The van der Waals surface area contributed by atoms with Gasteiger partial charge >= 0.3 is 0 Å². The fraction of sp³-hybridized carbons (Fsp3) is 0.800. The molecule has 0 spiro atoms. The van der Waals surface area contributed by atoms with E-state index in [-0.39, 0.29) is 15.8 Å². The third kappa shape index (κ3) is 1.20. The first-order valence-electron chi connectivity index (χ1n) is 2.57. The molecule has 46 valence electrons. The smallest absolute Gasteiger partial charge is 0.195 e. The minimum Gasteiger partial charge on any atom is -0.393 e. The summed E-state index contributed by atoms with van der Waals surface area (Å²) in [5.41, 5.74) is 0. The van der Waals surface area contributed by atoms with Crippen molar-refractivity contribution in [2.24, 2.45) is 5.92 Å². The Morgan fingerprint density at radius 1 is 1.62 bits per heavy atom. The number of hydrogen-bond donors (Lipinski definition) is 1. The summed E-state index contributed by atoms with van der Waals surface area (Å²) < 4.78 is 0.188. The topological polar surface area (TPSA) is 37.3 Å². The second-order valence-corrected chi connectivity index (χ2v) is 3.19. The molecule has 0 aliphatic heterocycles. The highest BCUT2D eigenvalue weighted by atomic mass is 127. The van der Waals surface area contributed by atoms with E-state index in [0.717, 1.165) is 0 Å². The van der Waals surface area contributed by atoms with Gasteiger partial charge in [0.1, 0.15) is 0 Å². The predicted octanol–water partition coefficient (Wildman–Crippen LogP) is 0.719. The maximum atomic E-state index is 10.4. The molecule has 0 atom stereocenters. The fourth-order valence-electron chi connectivity index (χ4n) is 0.773. The predicted molar refractivity (Wildman–Crippen MR) is 37.8 cm³/mol. The van der Waals surface area contributed by atoms with Crippen molar-refractivity contribution >= 4 is 26.4 Å². The molecule has 0 radical (unpaired) electrons. The van der Waals surface area contributed by atoms with E-state index in [0.29, 0.717) is 12.8 Å². The van der Waals surface area contributed by atoms with Gasteiger partial charge in [0, 0.05) is 5.92 Å². The number of carbonyl (C=O) groups excluding carboxylic acids is 1. The second kappa shape index (κ2) is 2.31. The van der Waals surface area contributed by atoms with E-state index in [9.17, 15) is 4.79 Å². The summed E-state index contributed by atoms with van der Waals surface area (Å²) in [6, 6.07) is 0. The minimum absolute atomic E-state index is 0.158. The first-order chi connectivity index (χ1) is 3.70. The molecular weight excluding hydrogens is 219 g/mol. The molecule has 0 aromatic rings. The lowest BCUT2D eigenvalue weighted by Crippen LogP contribution is -2.31. The average Bonchev–Trinajstić information content (AvgIpc) is 1.57. The SMILES string of the molecule is O=C(I)C1CC(O)C1. The van der Waals surface area contributed by atoms with Gasteiger partial charge in [-0.2, -0.15) is 0 Å². The van der Waals surface area contributed by atoms with Gasteiger partial charge in [0.25, 0.3) is 0 Å². The monoisotopic (exact) mass is 226 g/mol. The Balaban J connectivity index is 2.25. The largest absolute Gasteiger partial charge is 0.393 e. The minimum atomic E-state index is -0.196. The van der Waals surface area contributed by atoms with Crippen LogP contribution in [0.15, 0.2) is 0 Å². The van der Waals surface area contributed by atoms with Gasteiger partial charge in [-0.15, -0.1) is 0 Å². The van der Waals surface area contributed by atoms with Crippen LogP contribution in [0.4, 0.5) is 0 Å². The maximum Gasteiger partial charge on any atom is 0.195 e. The van der Waals surface area contributed by atoms with Gasteiger partial charge in [-0.3, -0.25) is 4.79 Å². The lowest BCUT2D eigenvalue weighted by atomic mass is 9.84. The zero-order valence-corrected chi connectivity index (χ0v) is 6.46. The molecule has 1 fully saturated rings. The van der Waals surface area contributed by atoms with Crippen LogP contribution in [-0.2, 0) is 4.79 Å². The molecule has 2 nitrogen and oxygen atoms in total. The van der Waals surface area contributed by atoms with Crippen LogP contribution in [0.2, 0.25) is 0 Å². The van der Waals surface area contributed by atoms with Crippen LogP contribution in [0.1, 0.15) is 12.8 Å². The Morgan fingerprint density at radius 3 is 2.25 bits per heavy atom. The first kappa shape index (κ1) is 6.48. The van der Waals surface area contributed by atoms with Crippen molar-refractivity contribution in [1.29, 1.82) is 0 Å². The molecule has 0 bridgehead atoms. The Hall–Kier alpha value is 0.360. The lowest BCUT2D eigenvalue weighted by Gasteiger charge is -2.27. The van der Waals surface area contributed by atoms with Gasteiger partial charge in [0.2, 0.25) is 0 Å². The highest BCUT2D eigenvalue weighted by Crippen LogP contribution is 2.29. The molecule has 0 aromatic carbocycles. The Kier molecular flexibility index (Phi) is 1.87. The molecule has 0 unspecified atom stereocenters. The number of carbonyl (C=O) groups is 1. The zero-order chi connectivity index (χ0) is 6.15. The molecule has 1 saturated carbocycles. The maximum absolute atomic E-state index is 10.4. The molecule has 3 heteroatoms. The van der Waals surface area contributed by atoms with Crippen molar-refractivity contribution < 1.29 is 9.90 Å². The molecule has 0 heterocycles. The van der Waals surface area contributed by atoms with Gasteiger partial charge in [0.15, 0.2) is 3.79 Å². The van der Waals surface area contributed by atoms with Crippen molar-refractivity contribution in [3.05, 3.63) is 0 Å². The highest BCUT2D eigenvalue weighted by Gasteiger charge is 2.31. The molecule has 1 aliphatic rings. The van der Waals surface area contributed by atoms with Crippen LogP contribution >= 0.6 is 22.6 Å². The summed E-state index contributed by atoms with van der Waals surface area (Å²) in [4.78, 5) is 10.4. The Bertz CT molecular complexity index is 107. The average molecular weight is 226 g/mol. The normalized spacial score (nSPS) is 36.2. The highest BCUT2D eigenvalue weighted by molar-refractivity contribution is 14.1. The standard InChI is InChI=1S/C5H7IO2/c6-5(8)3-1-4(7)2-3/h3-4,7H,1-2H2. The first-order valence-corrected chi connectivity index (χ1v) is 3.65. The molecule has 8 heavy (non-hydrogen) atoms. The van der Waals surface area contributed by atoms with Crippen LogP contribution in [-0.4, -0.2) is 15.0 Å². The molecule has 0 amide bonds. The van der Waals surface area contributed by atoms with Crippen molar-refractivity contribution in [2.75, 3.05) is 0 Å².